The quantitative estimate of drug-likeness (QED) is 0.376. The van der Waals surface area contributed by atoms with Crippen LogP contribution in [-0.2, 0) is 26.2 Å². The number of benzene rings is 2. The Morgan fingerprint density at radius 1 is 1.08 bits per heavy atom. The lowest BCUT2D eigenvalue weighted by Gasteiger charge is -2.31. The number of carbonyl (C=O) groups excluding carboxylic acids is 2. The zero-order chi connectivity index (χ0) is 28.4. The summed E-state index contributed by atoms with van der Waals surface area (Å²) in [6.45, 7) is 5.51. The third kappa shape index (κ3) is 8.26. The summed E-state index contributed by atoms with van der Waals surface area (Å²) in [6.07, 6.45) is 2.69. The highest BCUT2D eigenvalue weighted by Gasteiger charge is 2.29. The molecule has 1 atom stereocenters. The Balaban J connectivity index is 1.77. The molecule has 10 nitrogen and oxygen atoms in total. The van der Waals surface area contributed by atoms with Gasteiger partial charge in [0.25, 0.3) is 0 Å². The van der Waals surface area contributed by atoms with Gasteiger partial charge < -0.3 is 24.4 Å². The monoisotopic (exact) mass is 561 g/mol. The van der Waals surface area contributed by atoms with Crippen LogP contribution >= 0.6 is 0 Å². The van der Waals surface area contributed by atoms with Gasteiger partial charge >= 0.3 is 0 Å². The Morgan fingerprint density at radius 2 is 1.82 bits per heavy atom. The summed E-state index contributed by atoms with van der Waals surface area (Å²) < 4.78 is 43.0. The first kappa shape index (κ1) is 30.1. The fourth-order valence-corrected chi connectivity index (χ4v) is 5.40. The van der Waals surface area contributed by atoms with Gasteiger partial charge in [-0.25, -0.2) is 8.42 Å². The first-order valence-electron chi connectivity index (χ1n) is 13.2. The van der Waals surface area contributed by atoms with Crippen molar-refractivity contribution >= 4 is 27.5 Å². The molecule has 2 aromatic rings. The number of carbonyl (C=O) groups is 2. The second-order valence-corrected chi connectivity index (χ2v) is 11.3. The number of hydrogen-bond donors (Lipinski definition) is 1. The van der Waals surface area contributed by atoms with Crippen molar-refractivity contribution in [3.63, 3.8) is 0 Å². The van der Waals surface area contributed by atoms with Crippen molar-refractivity contribution in [1.82, 2.24) is 10.2 Å². The smallest absolute Gasteiger partial charge is 0.242 e. The molecule has 0 radical (unpaired) electrons. The van der Waals surface area contributed by atoms with Gasteiger partial charge in [-0.15, -0.1) is 0 Å². The molecule has 0 bridgehead atoms. The minimum Gasteiger partial charge on any atom is -0.497 e. The van der Waals surface area contributed by atoms with Crippen LogP contribution in [0.4, 0.5) is 5.69 Å². The average molecular weight is 562 g/mol. The number of rotatable bonds is 14. The molecule has 1 heterocycles. The van der Waals surface area contributed by atoms with E-state index in [0.717, 1.165) is 18.2 Å². The Bertz CT molecular complexity index is 1240. The Labute approximate surface area is 231 Å². The van der Waals surface area contributed by atoms with E-state index in [4.69, 9.17) is 14.2 Å². The Morgan fingerprint density at radius 3 is 2.49 bits per heavy atom. The van der Waals surface area contributed by atoms with Gasteiger partial charge in [-0.3, -0.25) is 13.9 Å². The van der Waals surface area contributed by atoms with E-state index < -0.39 is 16.1 Å². The predicted octanol–water partition coefficient (Wildman–Crippen LogP) is 3.35. The largest absolute Gasteiger partial charge is 0.497 e. The number of sulfonamides is 1. The van der Waals surface area contributed by atoms with Crippen LogP contribution in [0.15, 0.2) is 42.5 Å². The van der Waals surface area contributed by atoms with E-state index in [2.05, 4.69) is 5.32 Å². The molecule has 11 heteroatoms. The zero-order valence-corrected chi connectivity index (χ0v) is 24.0. The third-order valence-electron chi connectivity index (χ3n) is 6.39. The van der Waals surface area contributed by atoms with Gasteiger partial charge in [0, 0.05) is 32.1 Å². The average Bonchev–Trinajstić information content (AvgIpc) is 2.93. The number of amides is 2. The van der Waals surface area contributed by atoms with Crippen LogP contribution in [0.25, 0.3) is 0 Å². The van der Waals surface area contributed by atoms with Gasteiger partial charge in [0.05, 0.1) is 19.1 Å². The number of hydrogen-bond acceptors (Lipinski definition) is 7. The summed E-state index contributed by atoms with van der Waals surface area (Å²) in [6, 6.07) is 11.7. The van der Waals surface area contributed by atoms with Crippen LogP contribution in [0.5, 0.6) is 17.2 Å². The van der Waals surface area contributed by atoms with Gasteiger partial charge in [-0.1, -0.05) is 26.0 Å². The van der Waals surface area contributed by atoms with Crippen molar-refractivity contribution in [3.8, 4) is 17.2 Å². The van der Waals surface area contributed by atoms with Gasteiger partial charge in [-0.2, -0.15) is 0 Å². The van der Waals surface area contributed by atoms with Gasteiger partial charge in [0.1, 0.15) is 25.0 Å². The molecule has 0 unspecified atom stereocenters. The molecule has 39 heavy (non-hydrogen) atoms. The van der Waals surface area contributed by atoms with Gasteiger partial charge in [0.15, 0.2) is 11.5 Å². The lowest BCUT2D eigenvalue weighted by molar-refractivity contribution is -0.141. The number of fused-ring (bicyclic) bond motifs is 1. The maximum atomic E-state index is 13.6. The number of ether oxygens (including phenoxy) is 3. The lowest BCUT2D eigenvalue weighted by atomic mass is 10.1. The van der Waals surface area contributed by atoms with E-state index in [1.54, 1.807) is 30.2 Å². The van der Waals surface area contributed by atoms with Gasteiger partial charge in [-0.05, 0) is 49.1 Å². The highest BCUT2D eigenvalue weighted by Crippen LogP contribution is 2.34. The minimum absolute atomic E-state index is 0.0676. The number of nitrogens with zero attached hydrogens (tertiary/aromatic N) is 2. The van der Waals surface area contributed by atoms with Crippen LogP contribution in [0, 0.1) is 0 Å². The summed E-state index contributed by atoms with van der Waals surface area (Å²) in [5.74, 6) is 1.27. The second-order valence-electron chi connectivity index (χ2n) is 9.35. The van der Waals surface area contributed by atoms with Gasteiger partial charge in [0.2, 0.25) is 21.8 Å². The first-order chi connectivity index (χ1) is 18.7. The molecule has 1 aliphatic heterocycles. The summed E-state index contributed by atoms with van der Waals surface area (Å²) >= 11 is 0. The second kappa shape index (κ2) is 14.1. The highest BCUT2D eigenvalue weighted by molar-refractivity contribution is 7.92. The fraction of sp³-hybridized carbons (Fsp3) is 0.500. The molecular weight excluding hydrogens is 522 g/mol. The van der Waals surface area contributed by atoms with Crippen LogP contribution < -0.4 is 23.8 Å². The number of methoxy groups -OCH3 is 1. The Kier molecular flexibility index (Phi) is 10.8. The van der Waals surface area contributed by atoms with E-state index in [1.165, 1.54) is 4.31 Å². The topological polar surface area (TPSA) is 114 Å². The molecular formula is C28H39N3O7S. The predicted molar refractivity (Wildman–Crippen MR) is 150 cm³/mol. The molecule has 0 aliphatic carbocycles. The molecule has 2 amide bonds. The van der Waals surface area contributed by atoms with Crippen molar-refractivity contribution in [1.29, 1.82) is 0 Å². The van der Waals surface area contributed by atoms with E-state index in [-0.39, 0.29) is 37.7 Å². The van der Waals surface area contributed by atoms with E-state index >= 15 is 0 Å². The molecule has 0 fully saturated rings. The summed E-state index contributed by atoms with van der Waals surface area (Å²) in [5, 5.41) is 2.90. The number of nitrogens with one attached hydrogen (secondary N) is 1. The van der Waals surface area contributed by atoms with E-state index in [9.17, 15) is 18.0 Å². The molecule has 2 aromatic carbocycles. The Hall–Kier alpha value is -3.47. The highest BCUT2D eigenvalue weighted by atomic mass is 32.2. The molecule has 0 spiro atoms. The first-order valence-corrected chi connectivity index (χ1v) is 15.1. The zero-order valence-electron chi connectivity index (χ0n) is 23.1. The molecule has 3 rings (SSSR count). The van der Waals surface area contributed by atoms with Crippen molar-refractivity contribution in [3.05, 3.63) is 48.0 Å². The summed E-state index contributed by atoms with van der Waals surface area (Å²) in [7, 11) is -2.06. The SMILES string of the molecule is CCCNC(=O)[C@H](CC)N(Cc1cccc(OC)c1)C(=O)CCCN(c1ccc2c(c1)OCCO2)S(C)(=O)=O. The van der Waals surface area contributed by atoms with Crippen LogP contribution in [0.2, 0.25) is 0 Å². The molecule has 0 saturated heterocycles. The maximum Gasteiger partial charge on any atom is 0.242 e. The van der Waals surface area contributed by atoms with E-state index in [1.807, 2.05) is 38.1 Å². The normalized spacial score (nSPS) is 13.3. The van der Waals surface area contributed by atoms with Crippen molar-refractivity contribution in [2.75, 3.05) is 44.0 Å². The maximum absolute atomic E-state index is 13.6. The van der Waals surface area contributed by atoms with Crippen LogP contribution in [-0.4, -0.2) is 70.8 Å². The van der Waals surface area contributed by atoms with Crippen molar-refractivity contribution < 1.29 is 32.2 Å². The minimum atomic E-state index is -3.63. The standard InChI is InChI=1S/C28H39N3O7S/c1-5-14-29-28(33)24(6-2)30(20-21-9-7-10-23(18-21)36-3)27(32)11-8-15-31(39(4,34)35)22-12-13-25-26(19-22)38-17-16-37-25/h7,9-10,12-13,18-19,24H,5-6,8,11,14-17,20H2,1-4H3,(H,29,33)/t24-/m0/s1. The molecule has 0 saturated carbocycles. The number of anilines is 1. The lowest BCUT2D eigenvalue weighted by Crippen LogP contribution is -2.49. The van der Waals surface area contributed by atoms with Crippen molar-refractivity contribution in [2.24, 2.45) is 0 Å². The van der Waals surface area contributed by atoms with Crippen LogP contribution in [0.1, 0.15) is 45.1 Å². The fourth-order valence-electron chi connectivity index (χ4n) is 4.44. The summed E-state index contributed by atoms with van der Waals surface area (Å²) in [4.78, 5) is 28.1. The summed E-state index contributed by atoms with van der Waals surface area (Å²) in [5.41, 5.74) is 1.27. The van der Waals surface area contributed by atoms with Crippen molar-refractivity contribution in [2.45, 2.75) is 52.1 Å². The molecule has 1 N–H and O–H groups in total. The molecule has 0 aromatic heterocycles. The molecule has 1 aliphatic rings. The van der Waals surface area contributed by atoms with Crippen LogP contribution in [0.3, 0.4) is 0 Å². The molecule has 214 valence electrons. The van der Waals surface area contributed by atoms with E-state index in [0.29, 0.717) is 49.1 Å². The third-order valence-corrected chi connectivity index (χ3v) is 7.58.